The second-order valence-electron chi connectivity index (χ2n) is 13.0. The summed E-state index contributed by atoms with van der Waals surface area (Å²) in [6.45, 7) is 4.33. The summed E-state index contributed by atoms with van der Waals surface area (Å²) < 4.78 is 0.515. The molecule has 1 N–H and O–H groups in total. The zero-order valence-electron chi connectivity index (χ0n) is 24.8. The van der Waals surface area contributed by atoms with E-state index in [1.807, 2.05) is 6.92 Å². The van der Waals surface area contributed by atoms with Crippen molar-refractivity contribution in [3.8, 4) is 0 Å². The lowest BCUT2D eigenvalue weighted by atomic mass is 9.58. The first-order valence-corrected chi connectivity index (χ1v) is 15.8. The third-order valence-electron chi connectivity index (χ3n) is 9.61. The van der Waals surface area contributed by atoms with E-state index in [1.165, 1.54) is 135 Å². The van der Waals surface area contributed by atoms with Crippen molar-refractivity contribution >= 4 is 5.97 Å². The molecule has 0 spiro atoms. The molecule has 1 aliphatic carbocycles. The predicted molar refractivity (Wildman–Crippen MR) is 153 cm³/mol. The molecule has 1 fully saturated rings. The Labute approximate surface area is 220 Å². The minimum atomic E-state index is -0.706. The van der Waals surface area contributed by atoms with Crippen LogP contribution in [0.3, 0.4) is 0 Å². The van der Waals surface area contributed by atoms with Gasteiger partial charge in [-0.25, -0.2) is 4.79 Å². The van der Waals surface area contributed by atoms with E-state index in [9.17, 15) is 9.90 Å². The average Bonchev–Trinajstić information content (AvgIpc) is 2.82. The highest BCUT2D eigenvalue weighted by atomic mass is 16.4. The Balaban J connectivity index is 2.12. The molecule has 0 bridgehead atoms. The number of aliphatic carboxylic acids is 1. The van der Waals surface area contributed by atoms with Gasteiger partial charge in [-0.1, -0.05) is 142 Å². The van der Waals surface area contributed by atoms with Crippen molar-refractivity contribution in [1.29, 1.82) is 0 Å². The van der Waals surface area contributed by atoms with Gasteiger partial charge >= 0.3 is 5.97 Å². The number of likely N-dealkylation sites (N-methyl/N-ethyl adjacent to an activating group) is 1. The Kier molecular flexibility index (Phi) is 16.5. The van der Waals surface area contributed by atoms with Gasteiger partial charge < -0.3 is 9.59 Å². The zero-order chi connectivity index (χ0) is 26.0. The maximum Gasteiger partial charge on any atom is 0.366 e. The van der Waals surface area contributed by atoms with Crippen LogP contribution >= 0.6 is 0 Å². The molecule has 0 radical (unpaired) electrons. The van der Waals surface area contributed by atoms with E-state index in [-0.39, 0.29) is 5.41 Å². The normalized spacial score (nSPS) is 17.9. The summed E-state index contributed by atoms with van der Waals surface area (Å²) in [6, 6.07) is 0. The Morgan fingerprint density at radius 2 is 1.00 bits per heavy atom. The van der Waals surface area contributed by atoms with E-state index in [2.05, 4.69) is 28.1 Å². The highest BCUT2D eigenvalue weighted by Crippen LogP contribution is 2.52. The largest absolute Gasteiger partial charge is 0.477 e. The van der Waals surface area contributed by atoms with Crippen molar-refractivity contribution in [2.24, 2.45) is 5.41 Å². The van der Waals surface area contributed by atoms with Crippen molar-refractivity contribution in [1.82, 2.24) is 0 Å². The quantitative estimate of drug-likeness (QED) is 0.120. The molecule has 0 amide bonds. The molecule has 0 aliphatic heterocycles. The standard InChI is InChI=1S/C32H63NO2/c1-6-7-8-9-10-11-12-13-14-15-16-17-18-19-20-21-22-24-27-32(28-25-23-26-29-32)31(2,30(34)35)33(3,4)5/h6-29H2,1-5H3/p+1. The lowest BCUT2D eigenvalue weighted by Gasteiger charge is -2.54. The molecule has 3 heteroatoms. The Hall–Kier alpha value is -0.570. The summed E-state index contributed by atoms with van der Waals surface area (Å²) in [5.41, 5.74) is -0.758. The summed E-state index contributed by atoms with van der Waals surface area (Å²) in [4.78, 5) is 12.5. The molecule has 0 heterocycles. The van der Waals surface area contributed by atoms with Crippen molar-refractivity contribution < 1.29 is 14.4 Å². The molecular formula is C32H64NO2+. The third kappa shape index (κ3) is 11.1. The molecule has 1 saturated carbocycles. The number of hydrogen-bond acceptors (Lipinski definition) is 1. The van der Waals surface area contributed by atoms with Gasteiger partial charge in [-0.15, -0.1) is 0 Å². The van der Waals surface area contributed by atoms with Crippen molar-refractivity contribution in [3.63, 3.8) is 0 Å². The van der Waals surface area contributed by atoms with Crippen LogP contribution in [0.5, 0.6) is 0 Å². The van der Waals surface area contributed by atoms with Crippen LogP contribution in [0.2, 0.25) is 0 Å². The SMILES string of the molecule is CCCCCCCCCCCCCCCCCCCCC1(C(C)(C(=O)O)[N+](C)(C)C)CCCCC1. The van der Waals surface area contributed by atoms with E-state index >= 15 is 0 Å². The molecule has 1 atom stereocenters. The number of carbonyl (C=O) groups is 1. The van der Waals surface area contributed by atoms with Gasteiger partial charge in [-0.2, -0.15) is 0 Å². The first-order valence-electron chi connectivity index (χ1n) is 15.8. The number of unbranched alkanes of at least 4 members (excludes halogenated alkanes) is 17. The maximum absolute atomic E-state index is 12.5. The van der Waals surface area contributed by atoms with Gasteiger partial charge in [0.1, 0.15) is 0 Å². The van der Waals surface area contributed by atoms with Crippen LogP contribution in [0.15, 0.2) is 0 Å². The highest BCUT2D eigenvalue weighted by molar-refractivity contribution is 5.78. The van der Waals surface area contributed by atoms with Gasteiger partial charge in [0, 0.05) is 12.3 Å². The fraction of sp³-hybridized carbons (Fsp3) is 0.969. The van der Waals surface area contributed by atoms with Gasteiger partial charge in [0.05, 0.1) is 21.1 Å². The Morgan fingerprint density at radius 1 is 0.657 bits per heavy atom. The van der Waals surface area contributed by atoms with Gasteiger partial charge in [0.15, 0.2) is 5.54 Å². The lowest BCUT2D eigenvalue weighted by Crippen LogP contribution is -2.69. The third-order valence-corrected chi connectivity index (χ3v) is 9.61. The minimum Gasteiger partial charge on any atom is -0.477 e. The van der Waals surface area contributed by atoms with Crippen LogP contribution < -0.4 is 0 Å². The molecule has 0 aromatic carbocycles. The van der Waals surface area contributed by atoms with Crippen LogP contribution in [-0.4, -0.2) is 42.2 Å². The van der Waals surface area contributed by atoms with Gasteiger partial charge in [0.2, 0.25) is 0 Å². The number of carboxylic acid groups (broad SMARTS) is 1. The molecule has 35 heavy (non-hydrogen) atoms. The van der Waals surface area contributed by atoms with Crippen LogP contribution in [0.1, 0.15) is 168 Å². The number of carboxylic acids is 1. The molecule has 0 saturated heterocycles. The number of nitrogens with zero attached hydrogens (tertiary/aromatic N) is 1. The van der Waals surface area contributed by atoms with Crippen molar-refractivity contribution in [3.05, 3.63) is 0 Å². The zero-order valence-corrected chi connectivity index (χ0v) is 24.8. The number of quaternary nitrogens is 1. The smallest absolute Gasteiger partial charge is 0.366 e. The fourth-order valence-electron chi connectivity index (χ4n) is 6.80. The first kappa shape index (κ1) is 32.5. The van der Waals surface area contributed by atoms with Gasteiger partial charge in [-0.3, -0.25) is 0 Å². The first-order chi connectivity index (χ1) is 16.7. The molecule has 0 aromatic rings. The highest BCUT2D eigenvalue weighted by Gasteiger charge is 2.61. The molecule has 3 nitrogen and oxygen atoms in total. The van der Waals surface area contributed by atoms with Crippen LogP contribution in [0.4, 0.5) is 0 Å². The van der Waals surface area contributed by atoms with Crippen LogP contribution in [0.25, 0.3) is 0 Å². The topological polar surface area (TPSA) is 37.3 Å². The van der Waals surface area contributed by atoms with E-state index in [0.29, 0.717) is 4.48 Å². The van der Waals surface area contributed by atoms with Crippen LogP contribution in [-0.2, 0) is 4.79 Å². The molecule has 208 valence electrons. The van der Waals surface area contributed by atoms with E-state index in [4.69, 9.17) is 0 Å². The summed E-state index contributed by atoms with van der Waals surface area (Å²) in [7, 11) is 6.25. The Bertz CT molecular complexity index is 532. The average molecular weight is 495 g/mol. The summed E-state index contributed by atoms with van der Waals surface area (Å²) in [5, 5.41) is 10.3. The second kappa shape index (κ2) is 17.8. The molecule has 0 aromatic heterocycles. The second-order valence-corrected chi connectivity index (χ2v) is 13.0. The fourth-order valence-corrected chi connectivity index (χ4v) is 6.80. The maximum atomic E-state index is 12.5. The van der Waals surface area contributed by atoms with E-state index in [1.54, 1.807) is 0 Å². The van der Waals surface area contributed by atoms with Crippen molar-refractivity contribution in [2.75, 3.05) is 21.1 Å². The molecular weight excluding hydrogens is 430 g/mol. The number of rotatable bonds is 22. The van der Waals surface area contributed by atoms with Gasteiger partial charge in [0.25, 0.3) is 0 Å². The molecule has 1 unspecified atom stereocenters. The van der Waals surface area contributed by atoms with Gasteiger partial charge in [-0.05, 0) is 19.3 Å². The van der Waals surface area contributed by atoms with Crippen LogP contribution in [0, 0.1) is 5.41 Å². The summed E-state index contributed by atoms with van der Waals surface area (Å²) in [5.74, 6) is -0.602. The molecule has 1 rings (SSSR count). The summed E-state index contributed by atoms with van der Waals surface area (Å²) >= 11 is 0. The van der Waals surface area contributed by atoms with Crippen molar-refractivity contribution in [2.45, 2.75) is 173 Å². The van der Waals surface area contributed by atoms with E-state index < -0.39 is 11.5 Å². The van der Waals surface area contributed by atoms with E-state index in [0.717, 1.165) is 19.3 Å². The number of hydrogen-bond donors (Lipinski definition) is 1. The minimum absolute atomic E-state index is 0.0512. The summed E-state index contributed by atoms with van der Waals surface area (Å²) in [6.07, 6.45) is 32.1. The lowest BCUT2D eigenvalue weighted by molar-refractivity contribution is -0.921. The molecule has 1 aliphatic rings. The monoisotopic (exact) mass is 494 g/mol. The Morgan fingerprint density at radius 3 is 1.31 bits per heavy atom. The predicted octanol–water partition coefficient (Wildman–Crippen LogP) is 9.92.